The van der Waals surface area contributed by atoms with Gasteiger partial charge in [0, 0.05) is 26.4 Å². The predicted octanol–water partition coefficient (Wildman–Crippen LogP) is 4.77. The molecule has 2 aromatic carbocycles. The Morgan fingerprint density at radius 3 is 2.41 bits per heavy atom. The summed E-state index contributed by atoms with van der Waals surface area (Å²) in [5.41, 5.74) is 3.88. The van der Waals surface area contributed by atoms with Crippen LogP contribution in [0.25, 0.3) is 0 Å². The number of amides is 2. The van der Waals surface area contributed by atoms with Crippen molar-refractivity contribution in [2.45, 2.75) is 40.0 Å². The van der Waals surface area contributed by atoms with Gasteiger partial charge in [0.1, 0.15) is 0 Å². The Bertz CT molecular complexity index is 767. The Labute approximate surface area is 166 Å². The minimum atomic E-state index is -0.141. The van der Waals surface area contributed by atoms with Crippen LogP contribution in [0.15, 0.2) is 42.5 Å². The first-order chi connectivity index (χ1) is 12.9. The van der Waals surface area contributed by atoms with Crippen molar-refractivity contribution < 1.29 is 9.59 Å². The van der Waals surface area contributed by atoms with Crippen LogP contribution in [0, 0.1) is 13.8 Å². The molecule has 0 radical (unpaired) electrons. The first-order valence-electron chi connectivity index (χ1n) is 9.23. The quantitative estimate of drug-likeness (QED) is 0.710. The Hall–Kier alpha value is -2.33. The van der Waals surface area contributed by atoms with Crippen LogP contribution in [0.1, 0.15) is 36.5 Å². The number of carbonyl (C=O) groups is 2. The summed E-state index contributed by atoms with van der Waals surface area (Å²) in [6, 6.07) is 14.0. The Morgan fingerprint density at radius 1 is 1.07 bits per heavy atom. The third-order valence-electron chi connectivity index (χ3n) is 4.49. The summed E-state index contributed by atoms with van der Waals surface area (Å²) >= 11 is 6.24. The summed E-state index contributed by atoms with van der Waals surface area (Å²) in [7, 11) is 0. The molecule has 0 heterocycles. The molecule has 5 heteroatoms. The van der Waals surface area contributed by atoms with Crippen molar-refractivity contribution in [3.05, 3.63) is 64.2 Å². The van der Waals surface area contributed by atoms with Gasteiger partial charge in [0.05, 0.1) is 10.7 Å². The van der Waals surface area contributed by atoms with E-state index in [0.29, 0.717) is 23.8 Å². The van der Waals surface area contributed by atoms with Crippen molar-refractivity contribution in [1.29, 1.82) is 0 Å². The van der Waals surface area contributed by atoms with Crippen LogP contribution >= 0.6 is 11.6 Å². The molecule has 0 bridgehead atoms. The number of hydrogen-bond acceptors (Lipinski definition) is 2. The molecule has 0 aliphatic heterocycles. The van der Waals surface area contributed by atoms with Gasteiger partial charge in [-0.3, -0.25) is 9.59 Å². The Kier molecular flexibility index (Phi) is 7.86. The molecular weight excluding hydrogens is 360 g/mol. The summed E-state index contributed by atoms with van der Waals surface area (Å²) in [4.78, 5) is 25.9. The molecule has 1 N–H and O–H groups in total. The fraction of sp³-hybridized carbons (Fsp3) is 0.364. The summed E-state index contributed by atoms with van der Waals surface area (Å²) in [5.74, 6) is -0.154. The SMILES string of the molecule is CC(=O)N(CCCc1ccccc1)CCC(=O)Nc1c(C)cc(C)cc1Cl. The lowest BCUT2D eigenvalue weighted by molar-refractivity contribution is -0.129. The monoisotopic (exact) mass is 386 g/mol. The minimum absolute atomic E-state index is 0.0135. The van der Waals surface area contributed by atoms with Gasteiger partial charge in [0.25, 0.3) is 0 Å². The van der Waals surface area contributed by atoms with E-state index in [-0.39, 0.29) is 18.2 Å². The highest BCUT2D eigenvalue weighted by atomic mass is 35.5. The van der Waals surface area contributed by atoms with Crippen molar-refractivity contribution in [2.24, 2.45) is 0 Å². The fourth-order valence-electron chi connectivity index (χ4n) is 3.06. The zero-order valence-corrected chi connectivity index (χ0v) is 17.0. The van der Waals surface area contributed by atoms with Gasteiger partial charge >= 0.3 is 0 Å². The van der Waals surface area contributed by atoms with E-state index in [0.717, 1.165) is 24.0 Å². The number of aryl methyl sites for hydroxylation is 3. The minimum Gasteiger partial charge on any atom is -0.342 e. The molecule has 2 rings (SSSR count). The van der Waals surface area contributed by atoms with Crippen molar-refractivity contribution in [3.8, 4) is 0 Å². The maximum atomic E-state index is 12.3. The van der Waals surface area contributed by atoms with Crippen LogP contribution in [0.2, 0.25) is 5.02 Å². The number of benzene rings is 2. The molecular formula is C22H27ClN2O2. The number of halogens is 1. The lowest BCUT2D eigenvalue weighted by Crippen LogP contribution is -2.33. The number of rotatable bonds is 8. The Balaban J connectivity index is 1.84. The van der Waals surface area contributed by atoms with Crippen LogP contribution in [0.4, 0.5) is 5.69 Å². The molecule has 2 amide bonds. The zero-order chi connectivity index (χ0) is 19.8. The normalized spacial score (nSPS) is 10.5. The lowest BCUT2D eigenvalue weighted by Gasteiger charge is -2.21. The molecule has 0 unspecified atom stereocenters. The first-order valence-corrected chi connectivity index (χ1v) is 9.60. The first kappa shape index (κ1) is 21.0. The van der Waals surface area contributed by atoms with Gasteiger partial charge in [-0.25, -0.2) is 0 Å². The van der Waals surface area contributed by atoms with E-state index in [1.54, 1.807) is 11.8 Å². The third kappa shape index (κ3) is 6.72. The van der Waals surface area contributed by atoms with Gasteiger partial charge in [-0.1, -0.05) is 48.0 Å². The summed E-state index contributed by atoms with van der Waals surface area (Å²) < 4.78 is 0. The van der Waals surface area contributed by atoms with Gasteiger partial charge in [0.15, 0.2) is 0 Å². The number of nitrogens with zero attached hydrogens (tertiary/aromatic N) is 1. The van der Waals surface area contributed by atoms with Crippen molar-refractivity contribution in [2.75, 3.05) is 18.4 Å². The number of nitrogens with one attached hydrogen (secondary N) is 1. The number of hydrogen-bond donors (Lipinski definition) is 1. The van der Waals surface area contributed by atoms with Gasteiger partial charge in [-0.05, 0) is 49.4 Å². The third-order valence-corrected chi connectivity index (χ3v) is 4.78. The number of carbonyl (C=O) groups excluding carboxylic acids is 2. The molecule has 27 heavy (non-hydrogen) atoms. The van der Waals surface area contributed by atoms with Gasteiger partial charge in [0.2, 0.25) is 11.8 Å². The molecule has 0 aromatic heterocycles. The maximum Gasteiger partial charge on any atom is 0.226 e. The summed E-state index contributed by atoms with van der Waals surface area (Å²) in [5, 5.41) is 3.41. The van der Waals surface area contributed by atoms with Gasteiger partial charge < -0.3 is 10.2 Å². The average molecular weight is 387 g/mol. The smallest absolute Gasteiger partial charge is 0.226 e. The molecule has 4 nitrogen and oxygen atoms in total. The molecule has 0 atom stereocenters. The van der Waals surface area contributed by atoms with Crippen molar-refractivity contribution in [3.63, 3.8) is 0 Å². The highest BCUT2D eigenvalue weighted by Crippen LogP contribution is 2.27. The van der Waals surface area contributed by atoms with Crippen LogP contribution < -0.4 is 5.32 Å². The number of anilines is 1. The van der Waals surface area contributed by atoms with E-state index in [2.05, 4.69) is 17.4 Å². The van der Waals surface area contributed by atoms with E-state index in [4.69, 9.17) is 11.6 Å². The van der Waals surface area contributed by atoms with Crippen molar-refractivity contribution in [1.82, 2.24) is 4.90 Å². The van der Waals surface area contributed by atoms with Crippen LogP contribution in [-0.2, 0) is 16.0 Å². The van der Waals surface area contributed by atoms with Crippen molar-refractivity contribution >= 4 is 29.1 Å². The highest BCUT2D eigenvalue weighted by molar-refractivity contribution is 6.34. The molecule has 0 spiro atoms. The highest BCUT2D eigenvalue weighted by Gasteiger charge is 2.13. The van der Waals surface area contributed by atoms with E-state index in [1.807, 2.05) is 44.2 Å². The van der Waals surface area contributed by atoms with E-state index >= 15 is 0 Å². The van der Waals surface area contributed by atoms with Crippen LogP contribution in [-0.4, -0.2) is 29.8 Å². The van der Waals surface area contributed by atoms with Gasteiger partial charge in [-0.15, -0.1) is 0 Å². The molecule has 0 saturated heterocycles. The van der Waals surface area contributed by atoms with Gasteiger partial charge in [-0.2, -0.15) is 0 Å². The zero-order valence-electron chi connectivity index (χ0n) is 16.2. The van der Waals surface area contributed by atoms with Crippen LogP contribution in [0.3, 0.4) is 0 Å². The molecule has 0 aliphatic carbocycles. The molecule has 0 fully saturated rings. The summed E-state index contributed by atoms with van der Waals surface area (Å²) in [6.45, 7) is 6.46. The molecule has 144 valence electrons. The van der Waals surface area contributed by atoms with E-state index in [1.165, 1.54) is 5.56 Å². The second-order valence-corrected chi connectivity index (χ2v) is 7.24. The van der Waals surface area contributed by atoms with Crippen LogP contribution in [0.5, 0.6) is 0 Å². The van der Waals surface area contributed by atoms with E-state index < -0.39 is 0 Å². The molecule has 0 aliphatic rings. The maximum absolute atomic E-state index is 12.3. The second kappa shape index (κ2) is 10.1. The fourth-order valence-corrected chi connectivity index (χ4v) is 3.43. The standard InChI is InChI=1S/C22H27ClN2O2/c1-16-14-17(2)22(20(23)15-16)24-21(27)11-13-25(18(3)26)12-7-10-19-8-5-4-6-9-19/h4-6,8-9,14-15H,7,10-13H2,1-3H3,(H,24,27). The largest absolute Gasteiger partial charge is 0.342 e. The topological polar surface area (TPSA) is 49.4 Å². The summed E-state index contributed by atoms with van der Waals surface area (Å²) in [6.07, 6.45) is 2.03. The molecule has 2 aromatic rings. The predicted molar refractivity (Wildman–Crippen MR) is 111 cm³/mol. The van der Waals surface area contributed by atoms with E-state index in [9.17, 15) is 9.59 Å². The average Bonchev–Trinajstić information content (AvgIpc) is 2.61. The Morgan fingerprint density at radius 2 is 1.78 bits per heavy atom. The lowest BCUT2D eigenvalue weighted by atomic mass is 10.1. The molecule has 0 saturated carbocycles. The second-order valence-electron chi connectivity index (χ2n) is 6.83.